The normalized spacial score (nSPS) is 24.3. The first-order chi connectivity index (χ1) is 8.18. The van der Waals surface area contributed by atoms with Gasteiger partial charge in [0.2, 0.25) is 0 Å². The fourth-order valence-corrected chi connectivity index (χ4v) is 2.09. The quantitative estimate of drug-likeness (QED) is 0.718. The van der Waals surface area contributed by atoms with Crippen LogP contribution in [0.1, 0.15) is 23.7 Å². The maximum atomic E-state index is 12.0. The molecule has 2 atom stereocenters. The summed E-state index contributed by atoms with van der Waals surface area (Å²) in [6, 6.07) is 6.74. The molecule has 2 unspecified atom stereocenters. The molecule has 4 heteroatoms. The van der Waals surface area contributed by atoms with Crippen molar-refractivity contribution in [2.24, 2.45) is 5.92 Å². The van der Waals surface area contributed by atoms with E-state index in [9.17, 15) is 9.90 Å². The monoisotopic (exact) mass is 234 g/mol. The van der Waals surface area contributed by atoms with Crippen LogP contribution < -0.4 is 10.6 Å². The van der Waals surface area contributed by atoms with E-state index in [1.165, 1.54) is 6.07 Å². The minimum absolute atomic E-state index is 0.0291. The molecule has 0 spiro atoms. The highest BCUT2D eigenvalue weighted by atomic mass is 16.3. The third-order valence-corrected chi connectivity index (χ3v) is 3.29. The molecule has 0 aromatic heterocycles. The van der Waals surface area contributed by atoms with Crippen LogP contribution in [0.2, 0.25) is 0 Å². The average Bonchev–Trinajstić information content (AvgIpc) is 2.32. The van der Waals surface area contributed by atoms with Gasteiger partial charge in [-0.1, -0.05) is 19.1 Å². The second-order valence-electron chi connectivity index (χ2n) is 4.57. The van der Waals surface area contributed by atoms with Crippen LogP contribution in [0.3, 0.4) is 0 Å². The van der Waals surface area contributed by atoms with Crippen molar-refractivity contribution >= 4 is 5.91 Å². The highest BCUT2D eigenvalue weighted by Crippen LogP contribution is 2.17. The molecule has 0 saturated carbocycles. The average molecular weight is 234 g/mol. The second kappa shape index (κ2) is 5.19. The number of amides is 1. The molecule has 1 saturated heterocycles. The summed E-state index contributed by atoms with van der Waals surface area (Å²) in [4.78, 5) is 12.0. The number of rotatable bonds is 2. The van der Waals surface area contributed by atoms with Crippen LogP contribution in [0.15, 0.2) is 24.3 Å². The van der Waals surface area contributed by atoms with Gasteiger partial charge < -0.3 is 15.7 Å². The molecule has 2 rings (SSSR count). The lowest BCUT2D eigenvalue weighted by Crippen LogP contribution is -2.50. The summed E-state index contributed by atoms with van der Waals surface area (Å²) in [5.74, 6) is 0.288. The second-order valence-corrected chi connectivity index (χ2v) is 4.57. The fraction of sp³-hybridized carbons (Fsp3) is 0.462. The standard InChI is InChI=1S/C13H18N2O2/c1-9-6-7-14-8-11(9)15-13(17)10-4-2-3-5-12(10)16/h2-5,9,11,14,16H,6-8H2,1H3,(H,15,17). The zero-order valence-electron chi connectivity index (χ0n) is 9.94. The maximum absolute atomic E-state index is 12.0. The molecule has 1 amide bonds. The largest absolute Gasteiger partial charge is 0.507 e. The van der Waals surface area contributed by atoms with E-state index in [-0.39, 0.29) is 17.7 Å². The minimum atomic E-state index is -0.205. The van der Waals surface area contributed by atoms with E-state index in [2.05, 4.69) is 17.6 Å². The third-order valence-electron chi connectivity index (χ3n) is 3.29. The minimum Gasteiger partial charge on any atom is -0.507 e. The molecule has 1 aromatic carbocycles. The van der Waals surface area contributed by atoms with Gasteiger partial charge >= 0.3 is 0 Å². The number of benzene rings is 1. The van der Waals surface area contributed by atoms with E-state index < -0.39 is 0 Å². The Hall–Kier alpha value is -1.55. The van der Waals surface area contributed by atoms with Gasteiger partial charge in [0.05, 0.1) is 5.56 Å². The van der Waals surface area contributed by atoms with Crippen LogP contribution in [-0.4, -0.2) is 30.1 Å². The molecule has 4 nitrogen and oxygen atoms in total. The van der Waals surface area contributed by atoms with Crippen molar-refractivity contribution in [3.63, 3.8) is 0 Å². The molecule has 1 aromatic rings. The predicted molar refractivity (Wildman–Crippen MR) is 66.0 cm³/mol. The fourth-order valence-electron chi connectivity index (χ4n) is 2.09. The maximum Gasteiger partial charge on any atom is 0.255 e. The van der Waals surface area contributed by atoms with Gasteiger partial charge in [-0.3, -0.25) is 4.79 Å². The summed E-state index contributed by atoms with van der Waals surface area (Å²) >= 11 is 0. The lowest BCUT2D eigenvalue weighted by Gasteiger charge is -2.30. The number of nitrogens with one attached hydrogen (secondary N) is 2. The summed E-state index contributed by atoms with van der Waals surface area (Å²) in [5.41, 5.74) is 0.338. The topological polar surface area (TPSA) is 61.4 Å². The molecule has 1 heterocycles. The van der Waals surface area contributed by atoms with Crippen molar-refractivity contribution in [2.75, 3.05) is 13.1 Å². The number of carbonyl (C=O) groups is 1. The first kappa shape index (κ1) is 11.9. The van der Waals surface area contributed by atoms with Crippen molar-refractivity contribution in [1.29, 1.82) is 0 Å². The Labute approximate surface area is 101 Å². The molecule has 1 aliphatic rings. The number of hydrogen-bond acceptors (Lipinski definition) is 3. The Balaban J connectivity index is 2.04. The molecular formula is C13H18N2O2. The zero-order valence-corrected chi connectivity index (χ0v) is 9.94. The van der Waals surface area contributed by atoms with Gasteiger partial charge in [-0.2, -0.15) is 0 Å². The molecule has 92 valence electrons. The Morgan fingerprint density at radius 1 is 1.47 bits per heavy atom. The molecule has 0 bridgehead atoms. The zero-order chi connectivity index (χ0) is 12.3. The van der Waals surface area contributed by atoms with Gasteiger partial charge in [0.25, 0.3) is 5.91 Å². The first-order valence-corrected chi connectivity index (χ1v) is 5.98. The molecule has 1 aliphatic heterocycles. The van der Waals surface area contributed by atoms with Crippen LogP contribution in [-0.2, 0) is 0 Å². The molecule has 3 N–H and O–H groups in total. The highest BCUT2D eigenvalue weighted by Gasteiger charge is 2.23. The lowest BCUT2D eigenvalue weighted by atomic mass is 9.94. The Kier molecular flexibility index (Phi) is 3.64. The van der Waals surface area contributed by atoms with Crippen LogP contribution in [0, 0.1) is 5.92 Å². The van der Waals surface area contributed by atoms with E-state index in [0.717, 1.165) is 19.5 Å². The van der Waals surface area contributed by atoms with Gasteiger partial charge in [-0.05, 0) is 31.0 Å². The van der Waals surface area contributed by atoms with Crippen molar-refractivity contribution in [1.82, 2.24) is 10.6 Å². The molecule has 1 fully saturated rings. The van der Waals surface area contributed by atoms with Gasteiger partial charge in [-0.25, -0.2) is 0 Å². The third kappa shape index (κ3) is 2.77. The Bertz CT molecular complexity index is 406. The van der Waals surface area contributed by atoms with Gasteiger partial charge in [0.1, 0.15) is 5.75 Å². The lowest BCUT2D eigenvalue weighted by molar-refractivity contribution is 0.0912. The summed E-state index contributed by atoms with van der Waals surface area (Å²) < 4.78 is 0. The predicted octanol–water partition coefficient (Wildman–Crippen LogP) is 1.12. The van der Waals surface area contributed by atoms with Crippen molar-refractivity contribution in [2.45, 2.75) is 19.4 Å². The van der Waals surface area contributed by atoms with Crippen molar-refractivity contribution in [3.8, 4) is 5.75 Å². The number of piperidine rings is 1. The van der Waals surface area contributed by atoms with Crippen LogP contribution >= 0.6 is 0 Å². The van der Waals surface area contributed by atoms with Crippen molar-refractivity contribution < 1.29 is 9.90 Å². The number of aromatic hydroxyl groups is 1. The van der Waals surface area contributed by atoms with Crippen LogP contribution in [0.25, 0.3) is 0 Å². The number of phenols is 1. The molecule has 0 aliphatic carbocycles. The van der Waals surface area contributed by atoms with Crippen molar-refractivity contribution in [3.05, 3.63) is 29.8 Å². The Morgan fingerprint density at radius 3 is 2.94 bits per heavy atom. The highest BCUT2D eigenvalue weighted by molar-refractivity contribution is 5.96. The van der Waals surface area contributed by atoms with Crippen LogP contribution in [0.4, 0.5) is 0 Å². The van der Waals surface area contributed by atoms with E-state index >= 15 is 0 Å². The summed E-state index contributed by atoms with van der Waals surface area (Å²) in [6.07, 6.45) is 1.06. The van der Waals surface area contributed by atoms with E-state index in [1.54, 1.807) is 18.2 Å². The van der Waals surface area contributed by atoms with Gasteiger partial charge in [0.15, 0.2) is 0 Å². The number of carbonyl (C=O) groups excluding carboxylic acids is 1. The molecule has 17 heavy (non-hydrogen) atoms. The molecular weight excluding hydrogens is 216 g/mol. The summed E-state index contributed by atoms with van der Waals surface area (Å²) in [6.45, 7) is 3.93. The van der Waals surface area contributed by atoms with E-state index in [1.807, 2.05) is 0 Å². The Morgan fingerprint density at radius 2 is 2.24 bits per heavy atom. The number of hydrogen-bond donors (Lipinski definition) is 3. The SMILES string of the molecule is CC1CCNCC1NC(=O)c1ccccc1O. The summed E-state index contributed by atoms with van der Waals surface area (Å²) in [5, 5.41) is 15.8. The first-order valence-electron chi connectivity index (χ1n) is 5.98. The number of para-hydroxylation sites is 1. The number of phenolic OH excluding ortho intramolecular Hbond substituents is 1. The smallest absolute Gasteiger partial charge is 0.255 e. The van der Waals surface area contributed by atoms with Gasteiger partial charge in [-0.15, -0.1) is 0 Å². The van der Waals surface area contributed by atoms with Crippen LogP contribution in [0.5, 0.6) is 5.75 Å². The summed E-state index contributed by atoms with van der Waals surface area (Å²) in [7, 11) is 0. The molecule has 0 radical (unpaired) electrons. The van der Waals surface area contributed by atoms with E-state index in [4.69, 9.17) is 0 Å². The van der Waals surface area contributed by atoms with Gasteiger partial charge in [0, 0.05) is 12.6 Å². The van der Waals surface area contributed by atoms with E-state index in [0.29, 0.717) is 11.5 Å².